The van der Waals surface area contributed by atoms with Gasteiger partial charge in [-0.2, -0.15) is 10.2 Å². The molecule has 0 amide bonds. The third kappa shape index (κ3) is 5.26. The van der Waals surface area contributed by atoms with Gasteiger partial charge < -0.3 is 10.2 Å². The molecule has 0 aliphatic heterocycles. The Hall–Kier alpha value is -2.76. The first kappa shape index (κ1) is 15.3. The number of carboxylic acid groups (broad SMARTS) is 2. The second kappa shape index (κ2) is 6.98. The van der Waals surface area contributed by atoms with Crippen LogP contribution in [0.25, 0.3) is 0 Å². The van der Waals surface area contributed by atoms with Crippen molar-refractivity contribution in [2.45, 2.75) is 13.8 Å². The highest BCUT2D eigenvalue weighted by Gasteiger charge is 2.04. The number of carbonyl (C=O) groups is 2. The van der Waals surface area contributed by atoms with Crippen molar-refractivity contribution in [1.82, 2.24) is 0 Å². The minimum Gasteiger partial charge on any atom is -0.478 e. The number of hydrogen-bond acceptors (Lipinski definition) is 4. The van der Waals surface area contributed by atoms with Crippen LogP contribution in [-0.4, -0.2) is 22.2 Å². The molecule has 0 spiro atoms. The van der Waals surface area contributed by atoms with E-state index in [0.717, 1.165) is 17.7 Å². The van der Waals surface area contributed by atoms with Crippen molar-refractivity contribution in [3.8, 4) is 0 Å². The largest absolute Gasteiger partial charge is 0.478 e. The van der Waals surface area contributed by atoms with Crippen LogP contribution in [-0.2, 0) is 9.59 Å². The number of hydrogen-bond donors (Lipinski definition) is 2. The van der Waals surface area contributed by atoms with Gasteiger partial charge in [-0.3, -0.25) is 0 Å². The summed E-state index contributed by atoms with van der Waals surface area (Å²) in [5, 5.41) is 25.1. The van der Waals surface area contributed by atoms with Crippen LogP contribution in [0, 0.1) is 6.92 Å². The maximum atomic E-state index is 10.7. The first-order chi connectivity index (χ1) is 9.38. The van der Waals surface area contributed by atoms with Gasteiger partial charge in [0.05, 0.1) is 17.5 Å². The molecule has 0 heterocycles. The van der Waals surface area contributed by atoms with E-state index in [1.54, 1.807) is 12.1 Å². The van der Waals surface area contributed by atoms with Crippen molar-refractivity contribution in [2.24, 2.45) is 10.2 Å². The molecule has 2 N–H and O–H groups in total. The van der Waals surface area contributed by atoms with Gasteiger partial charge in [0, 0.05) is 6.08 Å². The van der Waals surface area contributed by atoms with E-state index in [4.69, 9.17) is 10.2 Å². The number of nitrogens with zero attached hydrogens (tertiary/aromatic N) is 2. The van der Waals surface area contributed by atoms with Crippen LogP contribution in [0.3, 0.4) is 0 Å². The predicted molar refractivity (Wildman–Crippen MR) is 72.8 cm³/mol. The Kier molecular flexibility index (Phi) is 5.34. The Morgan fingerprint density at radius 1 is 1.05 bits per heavy atom. The van der Waals surface area contributed by atoms with Crippen LogP contribution in [0.5, 0.6) is 0 Å². The molecule has 20 heavy (non-hydrogen) atoms. The van der Waals surface area contributed by atoms with Gasteiger partial charge in [-0.15, -0.1) is 0 Å². The first-order valence-electron chi connectivity index (χ1n) is 5.73. The highest BCUT2D eigenvalue weighted by molar-refractivity contribution is 5.84. The molecule has 0 bridgehead atoms. The molecular weight excluding hydrogens is 260 g/mol. The van der Waals surface area contributed by atoms with Gasteiger partial charge in [0.2, 0.25) is 0 Å². The number of rotatable bonds is 5. The summed E-state index contributed by atoms with van der Waals surface area (Å²) in [5.41, 5.74) is 1.80. The lowest BCUT2D eigenvalue weighted by Gasteiger charge is -1.99. The van der Waals surface area contributed by atoms with E-state index in [2.05, 4.69) is 10.2 Å². The predicted octanol–water partition coefficient (Wildman–Crippen LogP) is 3.08. The summed E-state index contributed by atoms with van der Waals surface area (Å²) >= 11 is 0. The Labute approximate surface area is 115 Å². The quantitative estimate of drug-likeness (QED) is 0.489. The van der Waals surface area contributed by atoms with Crippen molar-refractivity contribution < 1.29 is 19.8 Å². The summed E-state index contributed by atoms with van der Waals surface area (Å²) in [7, 11) is 0. The summed E-state index contributed by atoms with van der Waals surface area (Å²) in [6.45, 7) is 3.38. The molecule has 0 radical (unpaired) electrons. The highest BCUT2D eigenvalue weighted by Crippen LogP contribution is 2.17. The molecule has 0 aliphatic carbocycles. The fraction of sp³-hybridized carbons (Fsp3) is 0.143. The van der Waals surface area contributed by atoms with Crippen LogP contribution in [0.4, 0.5) is 5.69 Å². The Balaban J connectivity index is 3.05. The lowest BCUT2D eigenvalue weighted by molar-refractivity contribution is -0.132. The minimum atomic E-state index is -1.22. The fourth-order valence-electron chi connectivity index (χ4n) is 1.32. The van der Waals surface area contributed by atoms with Gasteiger partial charge in [0.1, 0.15) is 0 Å². The van der Waals surface area contributed by atoms with E-state index in [-0.39, 0.29) is 11.3 Å². The summed E-state index contributed by atoms with van der Waals surface area (Å²) in [6.07, 6.45) is 1.69. The number of aryl methyl sites for hydroxylation is 1. The van der Waals surface area contributed by atoms with E-state index in [1.165, 1.54) is 6.92 Å². The lowest BCUT2D eigenvalue weighted by Crippen LogP contribution is -1.95. The van der Waals surface area contributed by atoms with Gasteiger partial charge in [0.15, 0.2) is 0 Å². The third-order valence-corrected chi connectivity index (χ3v) is 2.31. The Morgan fingerprint density at radius 2 is 1.60 bits per heavy atom. The lowest BCUT2D eigenvalue weighted by atomic mass is 10.2. The molecule has 0 atom stereocenters. The summed E-state index contributed by atoms with van der Waals surface area (Å²) in [5.74, 6) is -2.40. The third-order valence-electron chi connectivity index (χ3n) is 2.31. The minimum absolute atomic E-state index is 0.0134. The van der Waals surface area contributed by atoms with E-state index >= 15 is 0 Å². The van der Waals surface area contributed by atoms with E-state index < -0.39 is 11.9 Å². The molecule has 0 aromatic heterocycles. The van der Waals surface area contributed by atoms with Crippen molar-refractivity contribution in [2.75, 3.05) is 0 Å². The van der Waals surface area contributed by atoms with Crippen LogP contribution in [0.2, 0.25) is 0 Å². The summed E-state index contributed by atoms with van der Waals surface area (Å²) < 4.78 is 0. The zero-order valence-corrected chi connectivity index (χ0v) is 11.1. The molecular formula is C14H14N2O4. The van der Waals surface area contributed by atoms with Crippen molar-refractivity contribution in [3.63, 3.8) is 0 Å². The second-order valence-corrected chi connectivity index (χ2v) is 4.07. The summed E-state index contributed by atoms with van der Waals surface area (Å²) in [4.78, 5) is 21.3. The van der Waals surface area contributed by atoms with Gasteiger partial charge in [-0.25, -0.2) is 9.59 Å². The van der Waals surface area contributed by atoms with Gasteiger partial charge in [0.25, 0.3) is 0 Å². The first-order valence-corrected chi connectivity index (χ1v) is 5.73. The fourth-order valence-corrected chi connectivity index (χ4v) is 1.32. The monoisotopic (exact) mass is 274 g/mol. The molecule has 1 aromatic carbocycles. The number of allylic oxidation sites excluding steroid dienone is 1. The number of carboxylic acids is 2. The second-order valence-electron chi connectivity index (χ2n) is 4.07. The smallest absolute Gasteiger partial charge is 0.330 e. The van der Waals surface area contributed by atoms with Crippen molar-refractivity contribution >= 4 is 17.6 Å². The van der Waals surface area contributed by atoms with Gasteiger partial charge in [-0.1, -0.05) is 17.7 Å². The standard InChI is InChI=1S/C14H14N2O4/c1-9-3-5-11(6-4-9)15-16-12(8-14(19)20)10(2)7-13(17)18/h3-8H,1-2H3,(H,17,18)(H,19,20). The topological polar surface area (TPSA) is 99.3 Å². The van der Waals surface area contributed by atoms with E-state index in [9.17, 15) is 9.59 Å². The molecule has 0 unspecified atom stereocenters. The molecule has 1 aromatic rings. The number of azo groups is 1. The Bertz CT molecular complexity index is 598. The van der Waals surface area contributed by atoms with Crippen LogP contribution < -0.4 is 0 Å². The van der Waals surface area contributed by atoms with E-state index in [1.807, 2.05) is 19.1 Å². The van der Waals surface area contributed by atoms with E-state index in [0.29, 0.717) is 5.69 Å². The molecule has 0 fully saturated rings. The van der Waals surface area contributed by atoms with Crippen molar-refractivity contribution in [3.05, 3.63) is 53.3 Å². The molecule has 0 aliphatic rings. The normalized spacial score (nSPS) is 12.7. The molecule has 6 heteroatoms. The molecule has 0 saturated carbocycles. The molecule has 104 valence electrons. The van der Waals surface area contributed by atoms with Gasteiger partial charge in [-0.05, 0) is 31.6 Å². The molecule has 6 nitrogen and oxygen atoms in total. The number of benzene rings is 1. The number of aliphatic carboxylic acids is 2. The highest BCUT2D eigenvalue weighted by atomic mass is 16.4. The average molecular weight is 274 g/mol. The van der Waals surface area contributed by atoms with Crippen LogP contribution in [0.15, 0.2) is 57.9 Å². The molecule has 0 saturated heterocycles. The zero-order chi connectivity index (χ0) is 15.1. The van der Waals surface area contributed by atoms with Crippen molar-refractivity contribution in [1.29, 1.82) is 0 Å². The Morgan fingerprint density at radius 3 is 2.10 bits per heavy atom. The van der Waals surface area contributed by atoms with Crippen LogP contribution in [0.1, 0.15) is 12.5 Å². The molecule has 1 rings (SSSR count). The zero-order valence-electron chi connectivity index (χ0n) is 11.1. The van der Waals surface area contributed by atoms with Crippen LogP contribution >= 0.6 is 0 Å². The maximum absolute atomic E-state index is 10.7. The maximum Gasteiger partial charge on any atom is 0.330 e. The SMILES string of the molecule is CC(=CC(=O)O)C(=CC(=O)O)N=Nc1ccc(C)cc1. The van der Waals surface area contributed by atoms with Gasteiger partial charge >= 0.3 is 11.9 Å². The summed E-state index contributed by atoms with van der Waals surface area (Å²) in [6, 6.07) is 7.14. The average Bonchev–Trinajstić information content (AvgIpc) is 2.35.